The zero-order chi connectivity index (χ0) is 11.8. The topological polar surface area (TPSA) is 61.8 Å². The Bertz CT molecular complexity index is 205. The first kappa shape index (κ1) is 13.4. The first-order chi connectivity index (χ1) is 7.68. The maximum Gasteiger partial charge on any atom is 0.304 e. The number of hydrogen-bond donors (Lipinski definition) is 2. The largest absolute Gasteiger partial charge is 0.481 e. The minimum atomic E-state index is -0.742. The normalized spacial score (nSPS) is 19.6. The van der Waals surface area contributed by atoms with Crippen molar-refractivity contribution in [2.75, 3.05) is 39.4 Å². The van der Waals surface area contributed by atoms with Gasteiger partial charge >= 0.3 is 5.97 Å². The summed E-state index contributed by atoms with van der Waals surface area (Å²) in [7, 11) is 0. The van der Waals surface area contributed by atoms with Crippen molar-refractivity contribution in [1.82, 2.24) is 10.2 Å². The van der Waals surface area contributed by atoms with E-state index in [-0.39, 0.29) is 12.5 Å². The molecule has 0 bridgehead atoms. The number of nitrogens with one attached hydrogen (secondary N) is 1. The lowest BCUT2D eigenvalue weighted by Crippen LogP contribution is -2.38. The summed E-state index contributed by atoms with van der Waals surface area (Å²) >= 11 is 0. The van der Waals surface area contributed by atoms with Crippen molar-refractivity contribution in [3.63, 3.8) is 0 Å². The van der Waals surface area contributed by atoms with Crippen LogP contribution in [0.15, 0.2) is 0 Å². The fourth-order valence-corrected chi connectivity index (χ4v) is 1.81. The van der Waals surface area contributed by atoms with Crippen LogP contribution in [-0.4, -0.2) is 61.4 Å². The highest BCUT2D eigenvalue weighted by Crippen LogP contribution is 1.98. The molecule has 0 aromatic rings. The summed E-state index contributed by atoms with van der Waals surface area (Å²) in [6, 6.07) is 0.0576. The molecule has 1 fully saturated rings. The molecule has 0 amide bonds. The third-order valence-electron chi connectivity index (χ3n) is 2.73. The molecule has 0 aromatic carbocycles. The van der Waals surface area contributed by atoms with Crippen molar-refractivity contribution >= 4 is 5.97 Å². The van der Waals surface area contributed by atoms with E-state index >= 15 is 0 Å². The van der Waals surface area contributed by atoms with Crippen LogP contribution in [0, 0.1) is 0 Å². The second-order valence-electron chi connectivity index (χ2n) is 4.26. The molecular formula is C11H22N2O3. The van der Waals surface area contributed by atoms with E-state index in [9.17, 15) is 4.79 Å². The van der Waals surface area contributed by atoms with Gasteiger partial charge in [-0.3, -0.25) is 9.69 Å². The van der Waals surface area contributed by atoms with Crippen LogP contribution in [0.5, 0.6) is 0 Å². The van der Waals surface area contributed by atoms with Crippen LogP contribution in [0.1, 0.15) is 19.8 Å². The van der Waals surface area contributed by atoms with Crippen LogP contribution in [0.3, 0.4) is 0 Å². The molecular weight excluding hydrogens is 208 g/mol. The first-order valence-corrected chi connectivity index (χ1v) is 5.94. The quantitative estimate of drug-likeness (QED) is 0.610. The number of ether oxygens (including phenoxy) is 1. The number of morpholine rings is 1. The molecule has 1 atom stereocenters. The van der Waals surface area contributed by atoms with E-state index in [2.05, 4.69) is 10.2 Å². The van der Waals surface area contributed by atoms with Gasteiger partial charge in [0.2, 0.25) is 0 Å². The van der Waals surface area contributed by atoms with Crippen molar-refractivity contribution in [3.05, 3.63) is 0 Å². The molecule has 5 heteroatoms. The number of aliphatic carboxylic acids is 1. The molecule has 16 heavy (non-hydrogen) atoms. The number of hydrogen-bond acceptors (Lipinski definition) is 4. The second-order valence-corrected chi connectivity index (χ2v) is 4.26. The highest BCUT2D eigenvalue weighted by atomic mass is 16.5. The van der Waals surface area contributed by atoms with E-state index in [0.29, 0.717) is 0 Å². The lowest BCUT2D eigenvalue weighted by molar-refractivity contribution is -0.137. The van der Waals surface area contributed by atoms with Crippen molar-refractivity contribution in [2.45, 2.75) is 25.8 Å². The standard InChI is InChI=1S/C11H22N2O3/c1-10(9-11(14)15)12-3-2-4-13-5-7-16-8-6-13/h10,12H,2-9H2,1H3,(H,14,15). The summed E-state index contributed by atoms with van der Waals surface area (Å²) in [6.45, 7) is 7.56. The summed E-state index contributed by atoms with van der Waals surface area (Å²) in [5.74, 6) is -0.742. The maximum atomic E-state index is 10.4. The predicted molar refractivity (Wildman–Crippen MR) is 61.6 cm³/mol. The number of nitrogens with zero attached hydrogens (tertiary/aromatic N) is 1. The smallest absolute Gasteiger partial charge is 0.304 e. The van der Waals surface area contributed by atoms with Crippen LogP contribution in [0.25, 0.3) is 0 Å². The molecule has 94 valence electrons. The highest BCUT2D eigenvalue weighted by Gasteiger charge is 2.10. The summed E-state index contributed by atoms with van der Waals surface area (Å²) in [5.41, 5.74) is 0. The Balaban J connectivity index is 1.96. The Kier molecular flexibility index (Phi) is 6.37. The highest BCUT2D eigenvalue weighted by molar-refractivity contribution is 5.67. The Morgan fingerprint density at radius 1 is 1.50 bits per heavy atom. The molecule has 1 heterocycles. The van der Waals surface area contributed by atoms with Gasteiger partial charge in [-0.25, -0.2) is 0 Å². The average molecular weight is 230 g/mol. The summed E-state index contributed by atoms with van der Waals surface area (Å²) in [6.07, 6.45) is 1.25. The van der Waals surface area contributed by atoms with Gasteiger partial charge in [-0.05, 0) is 26.4 Å². The summed E-state index contributed by atoms with van der Waals surface area (Å²) < 4.78 is 5.27. The van der Waals surface area contributed by atoms with Crippen molar-refractivity contribution in [2.24, 2.45) is 0 Å². The van der Waals surface area contributed by atoms with E-state index in [1.807, 2.05) is 6.92 Å². The minimum absolute atomic E-state index is 0.0576. The molecule has 0 radical (unpaired) electrons. The third kappa shape index (κ3) is 6.05. The minimum Gasteiger partial charge on any atom is -0.481 e. The van der Waals surface area contributed by atoms with Gasteiger partial charge in [-0.1, -0.05) is 0 Å². The molecule has 0 spiro atoms. The van der Waals surface area contributed by atoms with Crippen LogP contribution in [0.4, 0.5) is 0 Å². The fourth-order valence-electron chi connectivity index (χ4n) is 1.81. The number of rotatable bonds is 7. The zero-order valence-electron chi connectivity index (χ0n) is 9.95. The first-order valence-electron chi connectivity index (χ1n) is 5.94. The Morgan fingerprint density at radius 2 is 2.19 bits per heavy atom. The molecule has 0 aliphatic carbocycles. The molecule has 1 aliphatic heterocycles. The molecule has 0 saturated carbocycles. The SMILES string of the molecule is CC(CC(=O)O)NCCCN1CCOCC1. The average Bonchev–Trinajstić information content (AvgIpc) is 2.25. The van der Waals surface area contributed by atoms with E-state index in [1.54, 1.807) is 0 Å². The lowest BCUT2D eigenvalue weighted by Gasteiger charge is -2.26. The monoisotopic (exact) mass is 230 g/mol. The Hall–Kier alpha value is -0.650. The van der Waals surface area contributed by atoms with E-state index < -0.39 is 5.97 Å². The van der Waals surface area contributed by atoms with E-state index in [1.165, 1.54) is 0 Å². The molecule has 1 unspecified atom stereocenters. The van der Waals surface area contributed by atoms with Gasteiger partial charge in [0, 0.05) is 19.1 Å². The van der Waals surface area contributed by atoms with Gasteiger partial charge in [-0.2, -0.15) is 0 Å². The Labute approximate surface area is 96.8 Å². The van der Waals surface area contributed by atoms with Crippen LogP contribution >= 0.6 is 0 Å². The van der Waals surface area contributed by atoms with Gasteiger partial charge in [-0.15, -0.1) is 0 Å². The number of carbonyl (C=O) groups is 1. The summed E-state index contributed by atoms with van der Waals surface area (Å²) in [5, 5.41) is 11.8. The molecule has 1 aliphatic rings. The predicted octanol–water partition coefficient (Wildman–Crippen LogP) is 0.162. The molecule has 5 nitrogen and oxygen atoms in total. The molecule has 1 rings (SSSR count). The van der Waals surface area contributed by atoms with Crippen molar-refractivity contribution in [3.8, 4) is 0 Å². The van der Waals surface area contributed by atoms with Gasteiger partial charge in [0.1, 0.15) is 0 Å². The van der Waals surface area contributed by atoms with Crippen LogP contribution < -0.4 is 5.32 Å². The maximum absolute atomic E-state index is 10.4. The van der Waals surface area contributed by atoms with Crippen LogP contribution in [-0.2, 0) is 9.53 Å². The molecule has 1 saturated heterocycles. The van der Waals surface area contributed by atoms with Crippen molar-refractivity contribution < 1.29 is 14.6 Å². The second kappa shape index (κ2) is 7.60. The van der Waals surface area contributed by atoms with Gasteiger partial charge in [0.15, 0.2) is 0 Å². The molecule has 2 N–H and O–H groups in total. The van der Waals surface area contributed by atoms with Gasteiger partial charge in [0.25, 0.3) is 0 Å². The van der Waals surface area contributed by atoms with Crippen molar-refractivity contribution in [1.29, 1.82) is 0 Å². The Morgan fingerprint density at radius 3 is 2.81 bits per heavy atom. The lowest BCUT2D eigenvalue weighted by atomic mass is 10.2. The number of carboxylic acid groups (broad SMARTS) is 1. The van der Waals surface area contributed by atoms with E-state index in [0.717, 1.165) is 45.8 Å². The fraction of sp³-hybridized carbons (Fsp3) is 0.909. The van der Waals surface area contributed by atoms with Crippen LogP contribution in [0.2, 0.25) is 0 Å². The molecule has 0 aromatic heterocycles. The third-order valence-corrected chi connectivity index (χ3v) is 2.73. The van der Waals surface area contributed by atoms with Gasteiger partial charge in [0.05, 0.1) is 19.6 Å². The summed E-state index contributed by atoms with van der Waals surface area (Å²) in [4.78, 5) is 12.8. The zero-order valence-corrected chi connectivity index (χ0v) is 9.95. The van der Waals surface area contributed by atoms with Gasteiger partial charge < -0.3 is 15.2 Å². The van der Waals surface area contributed by atoms with E-state index in [4.69, 9.17) is 9.84 Å². The number of carboxylic acids is 1.